The molecule has 0 aliphatic carbocycles. The summed E-state index contributed by atoms with van der Waals surface area (Å²) in [5.74, 6) is -1.43. The molecule has 17 heavy (non-hydrogen) atoms. The van der Waals surface area contributed by atoms with E-state index in [1.54, 1.807) is 20.8 Å². The molecule has 98 valence electrons. The molecule has 2 atom stereocenters. The molecule has 6 nitrogen and oxygen atoms in total. The second-order valence-corrected chi connectivity index (χ2v) is 5.19. The molecule has 6 heteroatoms. The second kappa shape index (κ2) is 5.35. The third-order valence-electron chi connectivity index (χ3n) is 2.50. The maximum absolute atomic E-state index is 11.5. The van der Waals surface area contributed by atoms with Crippen molar-refractivity contribution >= 4 is 12.1 Å². The number of ether oxygens (including phenoxy) is 1. The molecule has 1 rings (SSSR count). The predicted molar refractivity (Wildman–Crippen MR) is 61.8 cm³/mol. The number of carbonyl (C=O) groups excluding carboxylic acids is 1. The highest BCUT2D eigenvalue weighted by Crippen LogP contribution is 2.14. The smallest absolute Gasteiger partial charge is 0.407 e. The summed E-state index contributed by atoms with van der Waals surface area (Å²) in [4.78, 5) is 22.6. The molecule has 0 spiro atoms. The van der Waals surface area contributed by atoms with Crippen LogP contribution in [0.1, 0.15) is 27.2 Å². The Kier molecular flexibility index (Phi) is 4.34. The lowest BCUT2D eigenvalue weighted by atomic mass is 9.93. The number of aliphatic carboxylic acids is 1. The molecular formula is C11H20N2O4. The van der Waals surface area contributed by atoms with Crippen molar-refractivity contribution in [2.75, 3.05) is 13.1 Å². The molecule has 1 aliphatic heterocycles. The topological polar surface area (TPSA) is 87.7 Å². The number of carboxylic acid groups (broad SMARTS) is 1. The Hall–Kier alpha value is -1.30. The van der Waals surface area contributed by atoms with Crippen molar-refractivity contribution in [3.05, 3.63) is 0 Å². The standard InChI is InChI=1S/C11H20N2O4/c1-11(2,3)17-10(16)13-8-6-12-5-4-7(8)9(14)15/h7-8,12H,4-6H2,1-3H3,(H,13,16)(H,14,15)/t7-,8-/m1/s1. The Bertz CT molecular complexity index is 298. The van der Waals surface area contributed by atoms with Crippen molar-refractivity contribution in [1.82, 2.24) is 10.6 Å². The van der Waals surface area contributed by atoms with Gasteiger partial charge in [0.1, 0.15) is 5.60 Å². The first-order valence-corrected chi connectivity index (χ1v) is 5.72. The molecule has 0 aromatic carbocycles. The van der Waals surface area contributed by atoms with Crippen molar-refractivity contribution < 1.29 is 19.4 Å². The summed E-state index contributed by atoms with van der Waals surface area (Å²) in [6.07, 6.45) is -0.0621. The number of carboxylic acids is 1. The van der Waals surface area contributed by atoms with E-state index in [1.165, 1.54) is 0 Å². The van der Waals surface area contributed by atoms with Crippen LogP contribution in [0, 0.1) is 5.92 Å². The fourth-order valence-electron chi connectivity index (χ4n) is 1.76. The molecule has 1 saturated heterocycles. The van der Waals surface area contributed by atoms with Crippen molar-refractivity contribution in [2.45, 2.75) is 38.8 Å². The average Bonchev–Trinajstić information content (AvgIpc) is 2.14. The summed E-state index contributed by atoms with van der Waals surface area (Å²) in [5, 5.41) is 14.7. The summed E-state index contributed by atoms with van der Waals surface area (Å²) < 4.78 is 5.10. The van der Waals surface area contributed by atoms with Crippen molar-refractivity contribution in [3.8, 4) is 0 Å². The second-order valence-electron chi connectivity index (χ2n) is 5.19. The fourth-order valence-corrected chi connectivity index (χ4v) is 1.76. The normalized spacial score (nSPS) is 25.1. The minimum Gasteiger partial charge on any atom is -0.481 e. The molecule has 1 aliphatic rings. The molecule has 0 saturated carbocycles. The number of nitrogens with one attached hydrogen (secondary N) is 2. The van der Waals surface area contributed by atoms with Crippen molar-refractivity contribution in [1.29, 1.82) is 0 Å². The number of hydrogen-bond acceptors (Lipinski definition) is 4. The summed E-state index contributed by atoms with van der Waals surface area (Å²) >= 11 is 0. The van der Waals surface area contributed by atoms with Gasteiger partial charge >= 0.3 is 12.1 Å². The van der Waals surface area contributed by atoms with Crippen LogP contribution in [0.4, 0.5) is 4.79 Å². The van der Waals surface area contributed by atoms with E-state index in [9.17, 15) is 9.59 Å². The maximum atomic E-state index is 11.5. The molecule has 0 unspecified atom stereocenters. The summed E-state index contributed by atoms with van der Waals surface area (Å²) in [7, 11) is 0. The molecule has 0 bridgehead atoms. The van der Waals surface area contributed by atoms with Gasteiger partial charge in [0.05, 0.1) is 12.0 Å². The van der Waals surface area contributed by atoms with E-state index < -0.39 is 29.6 Å². The van der Waals surface area contributed by atoms with Gasteiger partial charge in [0.15, 0.2) is 0 Å². The van der Waals surface area contributed by atoms with Crippen LogP contribution in [0.3, 0.4) is 0 Å². The first kappa shape index (κ1) is 13.8. The van der Waals surface area contributed by atoms with Gasteiger partial charge in [0.25, 0.3) is 0 Å². The van der Waals surface area contributed by atoms with Gasteiger partial charge in [-0.15, -0.1) is 0 Å². The number of carbonyl (C=O) groups is 2. The quantitative estimate of drug-likeness (QED) is 0.661. The fraction of sp³-hybridized carbons (Fsp3) is 0.818. The molecule has 3 N–H and O–H groups in total. The van der Waals surface area contributed by atoms with E-state index in [0.29, 0.717) is 19.5 Å². The monoisotopic (exact) mass is 244 g/mol. The molecule has 1 amide bonds. The summed E-state index contributed by atoms with van der Waals surface area (Å²) in [6, 6.07) is -0.420. The Morgan fingerprint density at radius 3 is 2.59 bits per heavy atom. The highest BCUT2D eigenvalue weighted by molar-refractivity contribution is 5.74. The van der Waals surface area contributed by atoms with Crippen LogP contribution in [0.25, 0.3) is 0 Å². The van der Waals surface area contributed by atoms with Gasteiger partial charge in [-0.05, 0) is 33.7 Å². The van der Waals surface area contributed by atoms with E-state index >= 15 is 0 Å². The van der Waals surface area contributed by atoms with E-state index in [4.69, 9.17) is 9.84 Å². The molecule has 1 heterocycles. The third kappa shape index (κ3) is 4.60. The maximum Gasteiger partial charge on any atom is 0.407 e. The van der Waals surface area contributed by atoms with Gasteiger partial charge in [-0.25, -0.2) is 4.79 Å². The zero-order chi connectivity index (χ0) is 13.1. The van der Waals surface area contributed by atoms with Crippen LogP contribution < -0.4 is 10.6 Å². The van der Waals surface area contributed by atoms with E-state index in [1.807, 2.05) is 0 Å². The Morgan fingerprint density at radius 2 is 2.06 bits per heavy atom. The minimum absolute atomic E-state index is 0.420. The lowest BCUT2D eigenvalue weighted by molar-refractivity contribution is -0.143. The zero-order valence-corrected chi connectivity index (χ0v) is 10.4. The number of alkyl carbamates (subject to hydrolysis) is 1. The molecule has 1 fully saturated rings. The van der Waals surface area contributed by atoms with E-state index in [0.717, 1.165) is 0 Å². The highest BCUT2D eigenvalue weighted by atomic mass is 16.6. The first-order chi connectivity index (χ1) is 7.79. The minimum atomic E-state index is -0.882. The molecule has 0 radical (unpaired) electrons. The van der Waals surface area contributed by atoms with Crippen molar-refractivity contribution in [3.63, 3.8) is 0 Å². The van der Waals surface area contributed by atoms with Gasteiger partial charge in [-0.3, -0.25) is 4.79 Å². The lowest BCUT2D eigenvalue weighted by Gasteiger charge is -2.30. The number of piperidine rings is 1. The van der Waals surface area contributed by atoms with Gasteiger partial charge < -0.3 is 20.5 Å². The highest BCUT2D eigenvalue weighted by Gasteiger charge is 2.32. The predicted octanol–water partition coefficient (Wildman–Crippen LogP) is 0.574. The van der Waals surface area contributed by atoms with E-state index in [-0.39, 0.29) is 0 Å². The van der Waals surface area contributed by atoms with Crippen LogP contribution in [-0.4, -0.2) is 41.9 Å². The van der Waals surface area contributed by atoms with Crippen molar-refractivity contribution in [2.24, 2.45) is 5.92 Å². The van der Waals surface area contributed by atoms with Crippen LogP contribution >= 0.6 is 0 Å². The van der Waals surface area contributed by atoms with Crippen LogP contribution in [-0.2, 0) is 9.53 Å². The van der Waals surface area contributed by atoms with Gasteiger partial charge in [-0.1, -0.05) is 0 Å². The first-order valence-electron chi connectivity index (χ1n) is 5.72. The summed E-state index contributed by atoms with van der Waals surface area (Å²) in [5.41, 5.74) is -0.578. The largest absolute Gasteiger partial charge is 0.481 e. The number of hydrogen-bond donors (Lipinski definition) is 3. The van der Waals surface area contributed by atoms with Gasteiger partial charge in [-0.2, -0.15) is 0 Å². The van der Waals surface area contributed by atoms with Crippen LogP contribution in [0.5, 0.6) is 0 Å². The molecule has 0 aromatic heterocycles. The Labute approximate surface area is 101 Å². The molecular weight excluding hydrogens is 224 g/mol. The van der Waals surface area contributed by atoms with Crippen LogP contribution in [0.15, 0.2) is 0 Å². The SMILES string of the molecule is CC(C)(C)OC(=O)N[C@@H]1CNCC[C@H]1C(=O)O. The summed E-state index contributed by atoms with van der Waals surface area (Å²) in [6.45, 7) is 6.40. The van der Waals surface area contributed by atoms with Gasteiger partial charge in [0, 0.05) is 6.54 Å². The Morgan fingerprint density at radius 1 is 1.41 bits per heavy atom. The number of amides is 1. The lowest BCUT2D eigenvalue weighted by Crippen LogP contribution is -2.54. The van der Waals surface area contributed by atoms with Crippen LogP contribution in [0.2, 0.25) is 0 Å². The van der Waals surface area contributed by atoms with Gasteiger partial charge in [0.2, 0.25) is 0 Å². The average molecular weight is 244 g/mol. The Balaban J connectivity index is 2.53. The van der Waals surface area contributed by atoms with E-state index in [2.05, 4.69) is 10.6 Å². The zero-order valence-electron chi connectivity index (χ0n) is 10.4. The third-order valence-corrected chi connectivity index (χ3v) is 2.50. The number of rotatable bonds is 2. The molecule has 0 aromatic rings.